The van der Waals surface area contributed by atoms with Gasteiger partial charge in [0, 0.05) is 18.9 Å². The number of guanidine groups is 1. The van der Waals surface area contributed by atoms with Gasteiger partial charge in [-0.3, -0.25) is 25.2 Å². The van der Waals surface area contributed by atoms with Gasteiger partial charge in [0.25, 0.3) is 11.8 Å². The number of benzene rings is 1. The lowest BCUT2D eigenvalue weighted by atomic mass is 10.1. The third-order valence-corrected chi connectivity index (χ3v) is 4.91. The number of rotatable bonds is 10. The standard InChI is InChI=1S/C22H25ClN10O3/c23-17-19(25)32-18(24)16(31-17)20(35)33-21(26)27-9-2-1-4-13-5-7-14(8-6-13)36-12-15(34)30-22-28-10-3-11-29-22/h3,5-8,10-11H,1-2,4,9,12H2,(H4,24,25,32)(H3,26,27,33,35)(H,28,29,30,34). The molecule has 0 aliphatic rings. The smallest absolute Gasteiger partial charge is 0.280 e. The highest BCUT2D eigenvalue weighted by Gasteiger charge is 2.16. The highest BCUT2D eigenvalue weighted by atomic mass is 35.5. The van der Waals surface area contributed by atoms with Crippen molar-refractivity contribution in [2.24, 2.45) is 10.7 Å². The molecule has 8 N–H and O–H groups in total. The Morgan fingerprint density at radius 1 is 1.03 bits per heavy atom. The zero-order valence-electron chi connectivity index (χ0n) is 19.1. The highest BCUT2D eigenvalue weighted by Crippen LogP contribution is 2.17. The average molecular weight is 513 g/mol. The van der Waals surface area contributed by atoms with E-state index in [1.807, 2.05) is 12.1 Å². The Morgan fingerprint density at radius 2 is 1.75 bits per heavy atom. The molecule has 1 aromatic carbocycles. The maximum Gasteiger partial charge on any atom is 0.280 e. The molecule has 0 radical (unpaired) electrons. The average Bonchev–Trinajstić information content (AvgIpc) is 2.86. The van der Waals surface area contributed by atoms with Crippen LogP contribution in [0, 0.1) is 0 Å². The van der Waals surface area contributed by atoms with E-state index in [2.05, 4.69) is 35.6 Å². The normalized spacial score (nSPS) is 11.1. The molecule has 13 nitrogen and oxygen atoms in total. The molecule has 0 fully saturated rings. The second kappa shape index (κ2) is 12.8. The van der Waals surface area contributed by atoms with Crippen LogP contribution in [-0.2, 0) is 11.2 Å². The quantitative estimate of drug-likeness (QED) is 0.148. The van der Waals surface area contributed by atoms with Crippen molar-refractivity contribution in [1.29, 1.82) is 0 Å². The molecule has 0 saturated carbocycles. The van der Waals surface area contributed by atoms with Gasteiger partial charge in [-0.2, -0.15) is 0 Å². The van der Waals surface area contributed by atoms with Crippen molar-refractivity contribution in [3.05, 3.63) is 59.1 Å². The number of carbonyl (C=O) groups excluding carboxylic acids is 2. The monoisotopic (exact) mass is 512 g/mol. The van der Waals surface area contributed by atoms with Gasteiger partial charge in [-0.15, -0.1) is 0 Å². The summed E-state index contributed by atoms with van der Waals surface area (Å²) >= 11 is 5.78. The van der Waals surface area contributed by atoms with Crippen LogP contribution in [-0.4, -0.2) is 50.9 Å². The van der Waals surface area contributed by atoms with Crippen molar-refractivity contribution in [3.63, 3.8) is 0 Å². The topological polar surface area (TPSA) is 209 Å². The molecule has 3 rings (SSSR count). The number of unbranched alkanes of at least 4 members (excludes halogenated alkanes) is 1. The summed E-state index contributed by atoms with van der Waals surface area (Å²) in [7, 11) is 0. The van der Waals surface area contributed by atoms with Crippen LogP contribution in [0.15, 0.2) is 47.7 Å². The van der Waals surface area contributed by atoms with E-state index < -0.39 is 5.91 Å². The first kappa shape index (κ1) is 26.1. The van der Waals surface area contributed by atoms with Crippen molar-refractivity contribution < 1.29 is 14.3 Å². The summed E-state index contributed by atoms with van der Waals surface area (Å²) in [6, 6.07) is 9.10. The van der Waals surface area contributed by atoms with Gasteiger partial charge in [0.15, 0.2) is 35.0 Å². The Labute approximate surface area is 211 Å². The van der Waals surface area contributed by atoms with Gasteiger partial charge in [0.05, 0.1) is 0 Å². The van der Waals surface area contributed by atoms with Gasteiger partial charge in [-0.25, -0.2) is 19.9 Å². The van der Waals surface area contributed by atoms with Gasteiger partial charge >= 0.3 is 0 Å². The van der Waals surface area contributed by atoms with Crippen molar-refractivity contribution in [2.45, 2.75) is 19.3 Å². The van der Waals surface area contributed by atoms with Crippen molar-refractivity contribution in [3.8, 4) is 5.75 Å². The zero-order chi connectivity index (χ0) is 25.9. The summed E-state index contributed by atoms with van der Waals surface area (Å²) < 4.78 is 5.48. The molecular formula is C22H25ClN10O3. The fourth-order valence-corrected chi connectivity index (χ4v) is 3.02. The zero-order valence-corrected chi connectivity index (χ0v) is 19.9. The van der Waals surface area contributed by atoms with Crippen LogP contribution in [0.1, 0.15) is 28.9 Å². The minimum Gasteiger partial charge on any atom is -0.484 e. The first-order chi connectivity index (χ1) is 17.3. The molecule has 2 heterocycles. The SMILES string of the molecule is NC(=NCCCCc1ccc(OCC(=O)Nc2ncccn2)cc1)NC(=O)c1nc(Cl)c(N)nc1N. The largest absolute Gasteiger partial charge is 0.484 e. The van der Waals surface area contributed by atoms with E-state index in [0.717, 1.165) is 24.8 Å². The van der Waals surface area contributed by atoms with Crippen LogP contribution in [0.5, 0.6) is 5.75 Å². The van der Waals surface area contributed by atoms with E-state index in [0.29, 0.717) is 12.3 Å². The summed E-state index contributed by atoms with van der Waals surface area (Å²) in [6.45, 7) is 0.259. The maximum absolute atomic E-state index is 12.2. The molecule has 0 bridgehead atoms. The molecule has 2 aromatic heterocycles. The molecule has 188 valence electrons. The summed E-state index contributed by atoms with van der Waals surface area (Å²) in [5, 5.41) is 4.80. The number of nitrogens with two attached hydrogens (primary N) is 3. The molecule has 2 amide bonds. The summed E-state index contributed by atoms with van der Waals surface area (Å²) in [5.41, 5.74) is 17.8. The molecular weight excluding hydrogens is 488 g/mol. The van der Waals surface area contributed by atoms with Crippen LogP contribution in [0.3, 0.4) is 0 Å². The summed E-state index contributed by atoms with van der Waals surface area (Å²) in [6.07, 6.45) is 5.47. The molecule has 36 heavy (non-hydrogen) atoms. The van der Waals surface area contributed by atoms with Gasteiger partial charge < -0.3 is 21.9 Å². The predicted octanol–water partition coefficient (Wildman–Crippen LogP) is 1.17. The number of aliphatic imine (C=N–C) groups is 1. The fraction of sp³-hybridized carbons (Fsp3) is 0.227. The van der Waals surface area contributed by atoms with E-state index in [-0.39, 0.29) is 46.9 Å². The van der Waals surface area contributed by atoms with Crippen LogP contribution >= 0.6 is 11.6 Å². The number of nitrogens with one attached hydrogen (secondary N) is 2. The van der Waals surface area contributed by atoms with E-state index >= 15 is 0 Å². The summed E-state index contributed by atoms with van der Waals surface area (Å²) in [4.78, 5) is 43.6. The molecule has 0 aliphatic carbocycles. The fourth-order valence-electron chi connectivity index (χ4n) is 2.89. The molecule has 14 heteroatoms. The number of nitrogens with zero attached hydrogens (tertiary/aromatic N) is 5. The first-order valence-corrected chi connectivity index (χ1v) is 11.2. The Bertz CT molecular complexity index is 1220. The third-order valence-electron chi connectivity index (χ3n) is 4.63. The van der Waals surface area contributed by atoms with Crippen molar-refractivity contribution in [2.75, 3.05) is 29.9 Å². The Hall–Kier alpha value is -4.52. The number of halogens is 1. The number of carbonyl (C=O) groups is 2. The van der Waals surface area contributed by atoms with E-state index in [1.165, 1.54) is 12.4 Å². The van der Waals surface area contributed by atoms with Gasteiger partial charge in [0.2, 0.25) is 5.95 Å². The Balaban J connectivity index is 1.35. The third kappa shape index (κ3) is 8.06. The second-order valence-electron chi connectivity index (χ2n) is 7.36. The minimum absolute atomic E-state index is 0.0708. The number of amides is 2. The molecule has 3 aromatic rings. The molecule has 0 spiro atoms. The lowest BCUT2D eigenvalue weighted by Gasteiger charge is -2.08. The molecule has 0 unspecified atom stereocenters. The van der Waals surface area contributed by atoms with Crippen molar-refractivity contribution >= 4 is 47.0 Å². The van der Waals surface area contributed by atoms with Crippen LogP contribution in [0.4, 0.5) is 17.6 Å². The van der Waals surface area contributed by atoms with E-state index in [1.54, 1.807) is 18.2 Å². The lowest BCUT2D eigenvalue weighted by molar-refractivity contribution is -0.118. The summed E-state index contributed by atoms with van der Waals surface area (Å²) in [5.74, 6) is -0.547. The van der Waals surface area contributed by atoms with Gasteiger partial charge in [-0.1, -0.05) is 23.7 Å². The number of ether oxygens (including phenoxy) is 1. The van der Waals surface area contributed by atoms with Gasteiger partial charge in [-0.05, 0) is 43.0 Å². The Kier molecular flexibility index (Phi) is 9.28. The predicted molar refractivity (Wildman–Crippen MR) is 135 cm³/mol. The lowest BCUT2D eigenvalue weighted by Crippen LogP contribution is -2.38. The maximum atomic E-state index is 12.2. The highest BCUT2D eigenvalue weighted by molar-refractivity contribution is 6.31. The minimum atomic E-state index is -0.684. The van der Waals surface area contributed by atoms with Crippen LogP contribution in [0.2, 0.25) is 5.15 Å². The number of hydrogen-bond donors (Lipinski definition) is 5. The molecule has 0 saturated heterocycles. The number of aromatic nitrogens is 4. The molecule has 0 aliphatic heterocycles. The van der Waals surface area contributed by atoms with Crippen LogP contribution in [0.25, 0.3) is 0 Å². The van der Waals surface area contributed by atoms with E-state index in [4.69, 9.17) is 33.5 Å². The number of anilines is 3. The molecule has 0 atom stereocenters. The number of hydrogen-bond acceptors (Lipinski definition) is 10. The number of nitrogen functional groups attached to an aromatic ring is 2. The second-order valence-corrected chi connectivity index (χ2v) is 7.72. The first-order valence-electron chi connectivity index (χ1n) is 10.8. The van der Waals surface area contributed by atoms with Gasteiger partial charge in [0.1, 0.15) is 5.75 Å². The number of aryl methyl sites for hydroxylation is 1. The van der Waals surface area contributed by atoms with E-state index in [9.17, 15) is 9.59 Å². The Morgan fingerprint density at radius 3 is 2.47 bits per heavy atom. The van der Waals surface area contributed by atoms with Crippen molar-refractivity contribution in [1.82, 2.24) is 25.3 Å². The van der Waals surface area contributed by atoms with Crippen LogP contribution < -0.4 is 32.6 Å².